The van der Waals surface area contributed by atoms with Crippen LogP contribution in [0.1, 0.15) is 5.56 Å². The molecule has 0 saturated carbocycles. The molecule has 1 unspecified atom stereocenters. The number of aromatic nitrogens is 3. The number of carbonyl (C=O) groups is 1. The number of fused-ring (bicyclic) bond motifs is 1. The first-order chi connectivity index (χ1) is 10.1. The van der Waals surface area contributed by atoms with Gasteiger partial charge in [-0.2, -0.15) is 4.98 Å². The molecule has 3 heterocycles. The first-order valence-corrected chi connectivity index (χ1v) is 7.08. The molecule has 0 aromatic carbocycles. The van der Waals surface area contributed by atoms with Crippen molar-refractivity contribution in [3.8, 4) is 0 Å². The monoisotopic (exact) mass is 288 g/mol. The Hall–Kier alpha value is -2.15. The Morgan fingerprint density at radius 2 is 2.29 bits per heavy atom. The molecule has 0 bridgehead atoms. The number of amides is 1. The summed E-state index contributed by atoms with van der Waals surface area (Å²) in [5, 5.41) is 7.79. The summed E-state index contributed by atoms with van der Waals surface area (Å²) in [4.78, 5) is 20.6. The smallest absolute Gasteiger partial charge is 0.246 e. The van der Waals surface area contributed by atoms with Gasteiger partial charge in [0.15, 0.2) is 5.65 Å². The number of pyridine rings is 1. The first kappa shape index (κ1) is 13.8. The predicted octanol–water partition coefficient (Wildman–Crippen LogP) is -0.0959. The highest BCUT2D eigenvalue weighted by Crippen LogP contribution is 2.17. The highest BCUT2D eigenvalue weighted by atomic mass is 16.2. The van der Waals surface area contributed by atoms with E-state index in [-0.39, 0.29) is 11.9 Å². The Balaban J connectivity index is 1.98. The van der Waals surface area contributed by atoms with Gasteiger partial charge in [0, 0.05) is 39.9 Å². The van der Waals surface area contributed by atoms with Crippen LogP contribution in [0, 0.1) is 6.92 Å². The molecule has 7 nitrogen and oxygen atoms in total. The Bertz CT molecular complexity index is 665. The maximum absolute atomic E-state index is 12.3. The second-order valence-electron chi connectivity index (χ2n) is 5.52. The Kier molecular flexibility index (Phi) is 3.50. The molecule has 0 aliphatic carbocycles. The van der Waals surface area contributed by atoms with E-state index in [2.05, 4.69) is 15.4 Å². The average molecular weight is 288 g/mol. The van der Waals surface area contributed by atoms with Gasteiger partial charge in [0.1, 0.15) is 6.04 Å². The molecule has 3 rings (SSSR count). The van der Waals surface area contributed by atoms with Crippen LogP contribution >= 0.6 is 0 Å². The summed E-state index contributed by atoms with van der Waals surface area (Å²) in [5.74, 6) is 0.684. The zero-order chi connectivity index (χ0) is 15.0. The molecule has 1 amide bonds. The van der Waals surface area contributed by atoms with E-state index in [4.69, 9.17) is 0 Å². The lowest BCUT2D eigenvalue weighted by atomic mass is 10.2. The molecular weight excluding hydrogens is 268 g/mol. The first-order valence-electron chi connectivity index (χ1n) is 7.08. The summed E-state index contributed by atoms with van der Waals surface area (Å²) in [7, 11) is 3.55. The van der Waals surface area contributed by atoms with E-state index in [1.807, 2.05) is 30.2 Å². The molecule has 1 fully saturated rings. The van der Waals surface area contributed by atoms with Crippen LogP contribution in [0.4, 0.5) is 5.95 Å². The van der Waals surface area contributed by atoms with Crippen LogP contribution in [-0.2, 0) is 4.79 Å². The van der Waals surface area contributed by atoms with Gasteiger partial charge in [-0.05, 0) is 18.6 Å². The van der Waals surface area contributed by atoms with Gasteiger partial charge in [0.2, 0.25) is 11.9 Å². The quantitative estimate of drug-likeness (QED) is 0.836. The van der Waals surface area contributed by atoms with E-state index < -0.39 is 0 Å². The van der Waals surface area contributed by atoms with E-state index in [0.717, 1.165) is 24.3 Å². The Labute approximate surface area is 123 Å². The van der Waals surface area contributed by atoms with E-state index >= 15 is 0 Å². The van der Waals surface area contributed by atoms with Crippen molar-refractivity contribution in [1.82, 2.24) is 24.8 Å². The number of hydrogen-bond acceptors (Lipinski definition) is 5. The topological polar surface area (TPSA) is 65.8 Å². The fourth-order valence-electron chi connectivity index (χ4n) is 2.61. The Morgan fingerprint density at radius 1 is 1.48 bits per heavy atom. The maximum Gasteiger partial charge on any atom is 0.246 e. The summed E-state index contributed by atoms with van der Waals surface area (Å²) >= 11 is 0. The van der Waals surface area contributed by atoms with Crippen molar-refractivity contribution >= 4 is 17.5 Å². The van der Waals surface area contributed by atoms with Crippen LogP contribution in [0.5, 0.6) is 0 Å². The van der Waals surface area contributed by atoms with Crippen molar-refractivity contribution < 1.29 is 4.79 Å². The number of rotatable bonds is 2. The van der Waals surface area contributed by atoms with Crippen LogP contribution in [0.25, 0.3) is 5.65 Å². The van der Waals surface area contributed by atoms with Crippen molar-refractivity contribution in [3.63, 3.8) is 0 Å². The minimum Gasteiger partial charge on any atom is -0.347 e. The maximum atomic E-state index is 12.3. The normalized spacial score (nSPS) is 19.0. The molecule has 7 heteroatoms. The number of nitrogens with zero attached hydrogens (tertiary/aromatic N) is 5. The molecule has 1 aliphatic rings. The summed E-state index contributed by atoms with van der Waals surface area (Å²) in [6, 6.07) is 3.70. The number of hydrogen-bond donors (Lipinski definition) is 1. The Morgan fingerprint density at radius 3 is 3.00 bits per heavy atom. The zero-order valence-electron chi connectivity index (χ0n) is 12.6. The van der Waals surface area contributed by atoms with Crippen LogP contribution in [0.3, 0.4) is 0 Å². The lowest BCUT2D eigenvalue weighted by Gasteiger charge is -2.35. The molecule has 1 N–H and O–H groups in total. The standard InChI is InChI=1S/C14H20N6O/c1-10-5-4-7-20-12(10)16-14(17-20)19-8-6-15-9-11(19)13(21)18(2)3/h4-5,7,11,15H,6,8-9H2,1-3H3. The highest BCUT2D eigenvalue weighted by molar-refractivity contribution is 5.85. The van der Waals surface area contributed by atoms with Gasteiger partial charge >= 0.3 is 0 Å². The average Bonchev–Trinajstić information content (AvgIpc) is 2.92. The van der Waals surface area contributed by atoms with E-state index in [0.29, 0.717) is 12.5 Å². The SMILES string of the molecule is Cc1cccn2nc(N3CCNCC3C(=O)N(C)C)nc12. The van der Waals surface area contributed by atoms with Gasteiger partial charge in [0.05, 0.1) is 0 Å². The molecular formula is C14H20N6O. The zero-order valence-corrected chi connectivity index (χ0v) is 12.6. The number of nitrogens with one attached hydrogen (secondary N) is 1. The fourth-order valence-corrected chi connectivity index (χ4v) is 2.61. The summed E-state index contributed by atoms with van der Waals surface area (Å²) in [5.41, 5.74) is 1.91. The van der Waals surface area contributed by atoms with Crippen molar-refractivity contribution in [2.45, 2.75) is 13.0 Å². The minimum atomic E-state index is -0.258. The van der Waals surface area contributed by atoms with Gasteiger partial charge in [-0.1, -0.05) is 6.07 Å². The molecule has 1 saturated heterocycles. The number of likely N-dealkylation sites (N-methyl/N-ethyl adjacent to an activating group) is 1. The largest absolute Gasteiger partial charge is 0.347 e. The number of piperazine rings is 1. The lowest BCUT2D eigenvalue weighted by Crippen LogP contribution is -2.58. The van der Waals surface area contributed by atoms with Crippen molar-refractivity contribution in [2.24, 2.45) is 0 Å². The summed E-state index contributed by atoms with van der Waals surface area (Å²) in [6.07, 6.45) is 1.88. The molecule has 1 atom stereocenters. The number of anilines is 1. The molecule has 112 valence electrons. The second kappa shape index (κ2) is 5.33. The molecule has 1 aliphatic heterocycles. The van der Waals surface area contributed by atoms with Gasteiger partial charge in [0.25, 0.3) is 0 Å². The number of aryl methyl sites for hydroxylation is 1. The number of carbonyl (C=O) groups excluding carboxylic acids is 1. The van der Waals surface area contributed by atoms with Gasteiger partial charge < -0.3 is 15.1 Å². The van der Waals surface area contributed by atoms with Crippen molar-refractivity contribution in [1.29, 1.82) is 0 Å². The lowest BCUT2D eigenvalue weighted by molar-refractivity contribution is -0.130. The minimum absolute atomic E-state index is 0.0674. The predicted molar refractivity (Wildman–Crippen MR) is 80.4 cm³/mol. The molecule has 2 aromatic rings. The highest BCUT2D eigenvalue weighted by Gasteiger charge is 2.32. The van der Waals surface area contributed by atoms with Crippen LogP contribution in [0.15, 0.2) is 18.3 Å². The summed E-state index contributed by atoms with van der Waals surface area (Å²) < 4.78 is 1.77. The molecule has 0 radical (unpaired) electrons. The molecule has 2 aromatic heterocycles. The third-order valence-corrected chi connectivity index (χ3v) is 3.77. The van der Waals surface area contributed by atoms with Gasteiger partial charge in [-0.25, -0.2) is 4.52 Å². The van der Waals surface area contributed by atoms with E-state index in [1.165, 1.54) is 0 Å². The second-order valence-corrected chi connectivity index (χ2v) is 5.52. The third kappa shape index (κ3) is 2.44. The summed E-state index contributed by atoms with van der Waals surface area (Å²) in [6.45, 7) is 4.17. The van der Waals surface area contributed by atoms with Crippen LogP contribution in [-0.4, -0.2) is 65.2 Å². The van der Waals surface area contributed by atoms with E-state index in [1.54, 1.807) is 23.5 Å². The van der Waals surface area contributed by atoms with Gasteiger partial charge in [-0.15, -0.1) is 5.10 Å². The third-order valence-electron chi connectivity index (χ3n) is 3.77. The van der Waals surface area contributed by atoms with Crippen LogP contribution in [0.2, 0.25) is 0 Å². The van der Waals surface area contributed by atoms with Crippen molar-refractivity contribution in [2.75, 3.05) is 38.6 Å². The van der Waals surface area contributed by atoms with Crippen molar-refractivity contribution in [3.05, 3.63) is 23.9 Å². The molecule has 21 heavy (non-hydrogen) atoms. The fraction of sp³-hybridized carbons (Fsp3) is 0.500. The molecule has 0 spiro atoms. The van der Waals surface area contributed by atoms with Crippen LogP contribution < -0.4 is 10.2 Å². The van der Waals surface area contributed by atoms with E-state index in [9.17, 15) is 4.79 Å². The van der Waals surface area contributed by atoms with Gasteiger partial charge in [-0.3, -0.25) is 4.79 Å².